The van der Waals surface area contributed by atoms with Crippen LogP contribution in [0.5, 0.6) is 0 Å². The Kier molecular flexibility index (Phi) is 2.06. The van der Waals surface area contributed by atoms with Gasteiger partial charge in [0.2, 0.25) is 0 Å². The lowest BCUT2D eigenvalue weighted by Crippen LogP contribution is -1.90. The van der Waals surface area contributed by atoms with Crippen molar-refractivity contribution in [3.8, 4) is 10.6 Å². The molecule has 13 heavy (non-hydrogen) atoms. The fourth-order valence-corrected chi connectivity index (χ4v) is 1.99. The van der Waals surface area contributed by atoms with Gasteiger partial charge in [-0.25, -0.2) is 0 Å². The number of nitrogens with one attached hydrogen (secondary N) is 1. The number of hydrogen-bond donors (Lipinski definition) is 2. The largest absolute Gasteiger partial charge is 0.395 e. The topological polar surface area (TPSA) is 54.7 Å². The molecule has 0 saturated carbocycles. The molecule has 0 saturated heterocycles. The van der Waals surface area contributed by atoms with Crippen LogP contribution >= 0.6 is 11.3 Å². The van der Waals surface area contributed by atoms with E-state index in [9.17, 15) is 0 Å². The minimum Gasteiger partial charge on any atom is -0.395 e. The summed E-state index contributed by atoms with van der Waals surface area (Å²) in [6.45, 7) is 2.06. The van der Waals surface area contributed by atoms with Crippen LogP contribution in [0.4, 0.5) is 5.69 Å². The van der Waals surface area contributed by atoms with E-state index < -0.39 is 0 Å². The summed E-state index contributed by atoms with van der Waals surface area (Å²) >= 11 is 1.65. The molecule has 2 aromatic heterocycles. The van der Waals surface area contributed by atoms with E-state index in [-0.39, 0.29) is 0 Å². The van der Waals surface area contributed by atoms with Crippen molar-refractivity contribution < 1.29 is 0 Å². The van der Waals surface area contributed by atoms with Gasteiger partial charge in [-0.2, -0.15) is 5.10 Å². The zero-order chi connectivity index (χ0) is 9.26. The number of aromatic amines is 1. The zero-order valence-corrected chi connectivity index (χ0v) is 8.19. The highest BCUT2D eigenvalue weighted by molar-refractivity contribution is 7.13. The molecule has 0 atom stereocenters. The van der Waals surface area contributed by atoms with Gasteiger partial charge in [-0.15, -0.1) is 11.3 Å². The lowest BCUT2D eigenvalue weighted by molar-refractivity contribution is 0.978. The molecule has 0 aromatic carbocycles. The van der Waals surface area contributed by atoms with E-state index in [0.29, 0.717) is 0 Å². The van der Waals surface area contributed by atoms with Gasteiger partial charge in [-0.05, 0) is 17.9 Å². The van der Waals surface area contributed by atoms with Gasteiger partial charge in [0.15, 0.2) is 0 Å². The fourth-order valence-electron chi connectivity index (χ4n) is 1.26. The Morgan fingerprint density at radius 1 is 1.62 bits per heavy atom. The van der Waals surface area contributed by atoms with E-state index in [1.807, 2.05) is 17.5 Å². The molecule has 3 nitrogen and oxygen atoms in total. The Bertz CT molecular complexity index is 389. The Labute approximate surface area is 80.6 Å². The number of nitrogens with zero attached hydrogens (tertiary/aromatic N) is 1. The third-order valence-corrected chi connectivity index (χ3v) is 2.87. The van der Waals surface area contributed by atoms with Gasteiger partial charge >= 0.3 is 0 Å². The summed E-state index contributed by atoms with van der Waals surface area (Å²) in [7, 11) is 0. The molecule has 2 heterocycles. The molecule has 0 spiro atoms. The average Bonchev–Trinajstić information content (AvgIpc) is 2.72. The maximum atomic E-state index is 5.92. The third kappa shape index (κ3) is 1.33. The number of rotatable bonds is 2. The highest BCUT2D eigenvalue weighted by atomic mass is 32.1. The summed E-state index contributed by atoms with van der Waals surface area (Å²) < 4.78 is 0. The van der Waals surface area contributed by atoms with Crippen molar-refractivity contribution in [3.63, 3.8) is 0 Å². The summed E-state index contributed by atoms with van der Waals surface area (Å²) in [5.74, 6) is 0. The van der Waals surface area contributed by atoms with E-state index in [1.54, 1.807) is 11.3 Å². The van der Waals surface area contributed by atoms with Gasteiger partial charge in [-0.1, -0.05) is 13.0 Å². The molecule has 0 bridgehead atoms. The van der Waals surface area contributed by atoms with Gasteiger partial charge in [0.1, 0.15) is 5.69 Å². The summed E-state index contributed by atoms with van der Waals surface area (Å²) in [4.78, 5) is 1.12. The molecule has 0 unspecified atom stereocenters. The van der Waals surface area contributed by atoms with E-state index >= 15 is 0 Å². The predicted octanol–water partition coefficient (Wildman–Crippen LogP) is 2.28. The molecule has 0 radical (unpaired) electrons. The molecule has 0 fully saturated rings. The van der Waals surface area contributed by atoms with Crippen molar-refractivity contribution >= 4 is 17.0 Å². The van der Waals surface area contributed by atoms with E-state index in [4.69, 9.17) is 5.73 Å². The van der Waals surface area contributed by atoms with Gasteiger partial charge < -0.3 is 5.73 Å². The summed E-state index contributed by atoms with van der Waals surface area (Å²) in [6, 6.07) is 4.02. The monoisotopic (exact) mass is 193 g/mol. The first-order valence-electron chi connectivity index (χ1n) is 4.19. The number of aryl methyl sites for hydroxylation is 1. The smallest absolute Gasteiger partial charge is 0.125 e. The van der Waals surface area contributed by atoms with E-state index in [2.05, 4.69) is 17.1 Å². The van der Waals surface area contributed by atoms with Crippen LogP contribution in [0.2, 0.25) is 0 Å². The highest BCUT2D eigenvalue weighted by Gasteiger charge is 2.10. The first-order chi connectivity index (χ1) is 6.33. The van der Waals surface area contributed by atoms with Crippen LogP contribution in [-0.2, 0) is 6.42 Å². The number of anilines is 1. The first kappa shape index (κ1) is 8.31. The predicted molar refractivity (Wildman–Crippen MR) is 55.7 cm³/mol. The molecule has 2 rings (SSSR count). The van der Waals surface area contributed by atoms with Gasteiger partial charge in [0, 0.05) is 0 Å². The van der Waals surface area contributed by atoms with Crippen LogP contribution < -0.4 is 5.73 Å². The SMILES string of the molecule is CCc1[nH]nc(-c2cccs2)c1N. The van der Waals surface area contributed by atoms with Gasteiger partial charge in [-0.3, -0.25) is 5.10 Å². The molecule has 0 amide bonds. The second-order valence-electron chi connectivity index (χ2n) is 2.80. The van der Waals surface area contributed by atoms with Crippen LogP contribution in [-0.4, -0.2) is 10.2 Å². The molecule has 4 heteroatoms. The van der Waals surface area contributed by atoms with Crippen LogP contribution in [0.25, 0.3) is 10.6 Å². The third-order valence-electron chi connectivity index (χ3n) is 1.99. The second-order valence-corrected chi connectivity index (χ2v) is 3.74. The van der Waals surface area contributed by atoms with Crippen molar-refractivity contribution in [3.05, 3.63) is 23.2 Å². The van der Waals surface area contributed by atoms with Crippen molar-refractivity contribution in [2.75, 3.05) is 5.73 Å². The maximum absolute atomic E-state index is 5.92. The first-order valence-corrected chi connectivity index (χ1v) is 5.07. The minimum atomic E-state index is 0.782. The molecule has 0 aliphatic carbocycles. The second kappa shape index (κ2) is 3.22. The lowest BCUT2D eigenvalue weighted by Gasteiger charge is -1.94. The molecule has 0 aliphatic heterocycles. The molecular weight excluding hydrogens is 182 g/mol. The normalized spacial score (nSPS) is 10.5. The highest BCUT2D eigenvalue weighted by Crippen LogP contribution is 2.29. The van der Waals surface area contributed by atoms with Crippen LogP contribution in [0.15, 0.2) is 17.5 Å². The number of thiophene rings is 1. The average molecular weight is 193 g/mol. The van der Waals surface area contributed by atoms with Crippen LogP contribution in [0, 0.1) is 0 Å². The maximum Gasteiger partial charge on any atom is 0.125 e. The quantitative estimate of drug-likeness (QED) is 0.768. The molecule has 2 aromatic rings. The van der Waals surface area contributed by atoms with Crippen molar-refractivity contribution in [1.82, 2.24) is 10.2 Å². The number of nitrogens with two attached hydrogens (primary N) is 1. The molecule has 0 aliphatic rings. The van der Waals surface area contributed by atoms with Gasteiger partial charge in [0.25, 0.3) is 0 Å². The number of nitrogen functional groups attached to an aromatic ring is 1. The number of hydrogen-bond acceptors (Lipinski definition) is 3. The minimum absolute atomic E-state index is 0.782. The zero-order valence-electron chi connectivity index (χ0n) is 7.37. The Morgan fingerprint density at radius 2 is 2.46 bits per heavy atom. The lowest BCUT2D eigenvalue weighted by atomic mass is 10.2. The van der Waals surface area contributed by atoms with Crippen molar-refractivity contribution in [2.24, 2.45) is 0 Å². The molecule has 68 valence electrons. The number of H-pyrrole nitrogens is 1. The summed E-state index contributed by atoms with van der Waals surface area (Å²) in [5, 5.41) is 9.16. The fraction of sp³-hybridized carbons (Fsp3) is 0.222. The standard InChI is InChI=1S/C9H11N3S/c1-2-6-8(10)9(12-11-6)7-4-3-5-13-7/h3-5H,2,10H2,1H3,(H,11,12). The Hall–Kier alpha value is -1.29. The number of aromatic nitrogens is 2. The van der Waals surface area contributed by atoms with E-state index in [0.717, 1.165) is 28.4 Å². The Morgan fingerprint density at radius 3 is 3.00 bits per heavy atom. The van der Waals surface area contributed by atoms with Crippen molar-refractivity contribution in [1.29, 1.82) is 0 Å². The van der Waals surface area contributed by atoms with Gasteiger partial charge in [0.05, 0.1) is 16.3 Å². The van der Waals surface area contributed by atoms with Crippen molar-refractivity contribution in [2.45, 2.75) is 13.3 Å². The van der Waals surface area contributed by atoms with Crippen LogP contribution in [0.1, 0.15) is 12.6 Å². The summed E-state index contributed by atoms with van der Waals surface area (Å²) in [6.07, 6.45) is 0.893. The summed E-state index contributed by atoms with van der Waals surface area (Å²) in [5.41, 5.74) is 8.60. The van der Waals surface area contributed by atoms with E-state index in [1.165, 1.54) is 0 Å². The van der Waals surface area contributed by atoms with Crippen LogP contribution in [0.3, 0.4) is 0 Å². The molecule has 3 N–H and O–H groups in total. The Balaban J connectivity index is 2.48. The molecular formula is C9H11N3S.